The van der Waals surface area contributed by atoms with Crippen LogP contribution in [0, 0.1) is 11.7 Å². The summed E-state index contributed by atoms with van der Waals surface area (Å²) < 4.78 is 20.8. The number of halogens is 1. The summed E-state index contributed by atoms with van der Waals surface area (Å²) in [5.74, 6) is 1.56. The van der Waals surface area contributed by atoms with E-state index in [-0.39, 0.29) is 18.0 Å². The highest BCUT2D eigenvalue weighted by atomic mass is 19.1. The lowest BCUT2D eigenvalue weighted by molar-refractivity contribution is 0.166. The van der Waals surface area contributed by atoms with Gasteiger partial charge in [0.2, 0.25) is 5.95 Å². The molecule has 2 saturated heterocycles. The molecule has 0 bridgehead atoms. The van der Waals surface area contributed by atoms with Gasteiger partial charge < -0.3 is 20.3 Å². The molecule has 0 amide bonds. The van der Waals surface area contributed by atoms with Crippen LogP contribution in [0.4, 0.5) is 10.3 Å². The summed E-state index contributed by atoms with van der Waals surface area (Å²) >= 11 is 0. The molecule has 3 aliphatic heterocycles. The summed E-state index contributed by atoms with van der Waals surface area (Å²) in [6, 6.07) is 5.10. The molecule has 2 atom stereocenters. The largest absolute Gasteiger partial charge is 0.486 e. The number of aromatic nitrogens is 2. The number of benzene rings is 1. The third kappa shape index (κ3) is 4.60. The van der Waals surface area contributed by atoms with Crippen molar-refractivity contribution in [3.05, 3.63) is 59.9 Å². The van der Waals surface area contributed by atoms with Gasteiger partial charge in [-0.05, 0) is 44.2 Å². The van der Waals surface area contributed by atoms with E-state index in [9.17, 15) is 4.39 Å². The fourth-order valence-corrected chi connectivity index (χ4v) is 4.84. The highest BCUT2D eigenvalue weighted by molar-refractivity contribution is 5.82. The second-order valence-electron chi connectivity index (χ2n) is 8.61. The molecular weight excluding hydrogens is 407 g/mol. The molecule has 168 valence electrons. The first-order valence-electron chi connectivity index (χ1n) is 11.4. The van der Waals surface area contributed by atoms with E-state index in [0.717, 1.165) is 69.1 Å². The minimum atomic E-state index is -0.184. The van der Waals surface area contributed by atoms with Gasteiger partial charge in [-0.25, -0.2) is 14.4 Å². The Kier molecular flexibility index (Phi) is 6.29. The smallest absolute Gasteiger partial charge is 0.225 e. The lowest BCUT2D eigenvalue weighted by Crippen LogP contribution is -2.39. The summed E-state index contributed by atoms with van der Waals surface area (Å²) in [7, 11) is 0. The van der Waals surface area contributed by atoms with Crippen LogP contribution in [-0.4, -0.2) is 48.5 Å². The van der Waals surface area contributed by atoms with Crippen molar-refractivity contribution in [2.45, 2.75) is 37.8 Å². The molecule has 7 nitrogen and oxygen atoms in total. The molecule has 2 aromatic rings. The SMILES string of the molecule is Fc1cccc2c1C(C1CCN(c3ncc(OC4CCCNC4)cn3)CC1)N/C=C\N=C2. The molecule has 32 heavy (non-hydrogen) atoms. The monoisotopic (exact) mass is 436 g/mol. The third-order valence-corrected chi connectivity index (χ3v) is 6.51. The average Bonchev–Trinajstić information content (AvgIpc) is 2.81. The fraction of sp³-hybridized carbons (Fsp3) is 0.458. The molecule has 0 saturated carbocycles. The number of rotatable bonds is 4. The van der Waals surface area contributed by atoms with Crippen LogP contribution in [0.3, 0.4) is 0 Å². The van der Waals surface area contributed by atoms with Crippen LogP contribution in [0.2, 0.25) is 0 Å². The average molecular weight is 437 g/mol. The molecule has 1 aromatic carbocycles. The van der Waals surface area contributed by atoms with Crippen molar-refractivity contribution in [1.29, 1.82) is 0 Å². The minimum absolute atomic E-state index is 0.0860. The number of ether oxygens (including phenoxy) is 1. The lowest BCUT2D eigenvalue weighted by atomic mass is 9.83. The zero-order valence-corrected chi connectivity index (χ0v) is 18.1. The van der Waals surface area contributed by atoms with Gasteiger partial charge in [0.25, 0.3) is 0 Å². The van der Waals surface area contributed by atoms with Crippen LogP contribution in [0.1, 0.15) is 42.9 Å². The second-order valence-corrected chi connectivity index (χ2v) is 8.61. The van der Waals surface area contributed by atoms with E-state index in [2.05, 4.69) is 30.5 Å². The van der Waals surface area contributed by atoms with Crippen LogP contribution in [-0.2, 0) is 0 Å². The molecule has 0 radical (unpaired) electrons. The van der Waals surface area contributed by atoms with E-state index in [0.29, 0.717) is 11.5 Å². The normalized spacial score (nSPS) is 24.7. The number of hydrogen-bond acceptors (Lipinski definition) is 7. The molecule has 3 aliphatic rings. The Bertz CT molecular complexity index is 965. The molecule has 2 fully saturated rings. The van der Waals surface area contributed by atoms with Crippen molar-refractivity contribution >= 4 is 12.2 Å². The lowest BCUT2D eigenvalue weighted by Gasteiger charge is -2.37. The van der Waals surface area contributed by atoms with Gasteiger partial charge in [-0.2, -0.15) is 0 Å². The first kappa shape index (κ1) is 20.9. The van der Waals surface area contributed by atoms with Crippen molar-refractivity contribution in [3.8, 4) is 5.75 Å². The molecule has 1 aromatic heterocycles. The van der Waals surface area contributed by atoms with Crippen molar-refractivity contribution in [3.63, 3.8) is 0 Å². The first-order chi connectivity index (χ1) is 15.8. The Morgan fingerprint density at radius 1 is 1.09 bits per heavy atom. The quantitative estimate of drug-likeness (QED) is 0.767. The zero-order valence-electron chi connectivity index (χ0n) is 18.1. The minimum Gasteiger partial charge on any atom is -0.486 e. The maximum atomic E-state index is 14.8. The van der Waals surface area contributed by atoms with Gasteiger partial charge >= 0.3 is 0 Å². The van der Waals surface area contributed by atoms with E-state index in [4.69, 9.17) is 4.74 Å². The Morgan fingerprint density at radius 2 is 1.94 bits per heavy atom. The number of aliphatic imine (C=N–C) groups is 1. The molecule has 0 aliphatic carbocycles. The highest BCUT2D eigenvalue weighted by Gasteiger charge is 2.31. The predicted molar refractivity (Wildman–Crippen MR) is 122 cm³/mol. The summed E-state index contributed by atoms with van der Waals surface area (Å²) in [6.45, 7) is 3.59. The van der Waals surface area contributed by atoms with Gasteiger partial charge in [-0.3, -0.25) is 4.99 Å². The number of fused-ring (bicyclic) bond motifs is 1. The second kappa shape index (κ2) is 9.65. The molecule has 0 spiro atoms. The van der Waals surface area contributed by atoms with Crippen molar-refractivity contribution in [2.24, 2.45) is 10.9 Å². The number of nitrogens with one attached hydrogen (secondary N) is 2. The van der Waals surface area contributed by atoms with Gasteiger partial charge in [-0.1, -0.05) is 12.1 Å². The highest BCUT2D eigenvalue weighted by Crippen LogP contribution is 2.35. The molecule has 2 unspecified atom stereocenters. The van der Waals surface area contributed by atoms with E-state index >= 15 is 0 Å². The molecule has 8 heteroatoms. The molecular formula is C24H29FN6O. The van der Waals surface area contributed by atoms with E-state index in [1.54, 1.807) is 30.9 Å². The van der Waals surface area contributed by atoms with Crippen molar-refractivity contribution in [1.82, 2.24) is 20.6 Å². The van der Waals surface area contributed by atoms with Crippen molar-refractivity contribution in [2.75, 3.05) is 31.1 Å². The van der Waals surface area contributed by atoms with Gasteiger partial charge in [0.15, 0.2) is 5.75 Å². The van der Waals surface area contributed by atoms with Crippen LogP contribution in [0.15, 0.2) is 48.0 Å². The topological polar surface area (TPSA) is 74.7 Å². The maximum Gasteiger partial charge on any atom is 0.225 e. The first-order valence-corrected chi connectivity index (χ1v) is 11.4. The molecule has 2 N–H and O–H groups in total. The van der Waals surface area contributed by atoms with Crippen LogP contribution >= 0.6 is 0 Å². The molecule has 5 rings (SSSR count). The van der Waals surface area contributed by atoms with E-state index in [1.165, 1.54) is 6.07 Å². The number of piperidine rings is 2. The number of nitrogens with zero attached hydrogens (tertiary/aromatic N) is 4. The summed E-state index contributed by atoms with van der Waals surface area (Å²) in [5, 5.41) is 6.74. The molecule has 4 heterocycles. The standard InChI is InChI=1S/C24H29FN6O/c25-21-5-1-3-18-13-27-9-10-28-23(22(18)21)17-6-11-31(12-7-17)24-29-15-20(16-30-24)32-19-4-2-8-26-14-19/h1,3,5,9-10,13,15-17,19,23,26,28H,2,4,6-8,11-12,14H2/b10-9-,27-13?. The van der Waals surface area contributed by atoms with Crippen LogP contribution in [0.25, 0.3) is 0 Å². The van der Waals surface area contributed by atoms with E-state index in [1.807, 2.05) is 12.3 Å². The van der Waals surface area contributed by atoms with E-state index < -0.39 is 0 Å². The van der Waals surface area contributed by atoms with Gasteiger partial charge in [-0.15, -0.1) is 0 Å². The number of hydrogen-bond donors (Lipinski definition) is 2. The van der Waals surface area contributed by atoms with Crippen LogP contribution < -0.4 is 20.3 Å². The Balaban J connectivity index is 1.23. The third-order valence-electron chi connectivity index (χ3n) is 6.51. The van der Waals surface area contributed by atoms with Gasteiger partial charge in [0, 0.05) is 49.4 Å². The van der Waals surface area contributed by atoms with Gasteiger partial charge in [0.05, 0.1) is 18.4 Å². The Morgan fingerprint density at radius 3 is 2.72 bits per heavy atom. The predicted octanol–water partition coefficient (Wildman–Crippen LogP) is 3.20. The van der Waals surface area contributed by atoms with Crippen molar-refractivity contribution < 1.29 is 9.13 Å². The van der Waals surface area contributed by atoms with Gasteiger partial charge in [0.1, 0.15) is 11.9 Å². The van der Waals surface area contributed by atoms with Crippen LogP contribution in [0.5, 0.6) is 5.75 Å². The zero-order chi connectivity index (χ0) is 21.8. The summed E-state index contributed by atoms with van der Waals surface area (Å²) in [5.41, 5.74) is 1.54. The fourth-order valence-electron chi connectivity index (χ4n) is 4.84. The maximum absolute atomic E-state index is 14.8. The summed E-state index contributed by atoms with van der Waals surface area (Å²) in [4.78, 5) is 15.5. The number of anilines is 1. The Labute approximate surface area is 187 Å². The summed E-state index contributed by atoms with van der Waals surface area (Å²) in [6.07, 6.45) is 13.0. The Hall–Kier alpha value is -3.00.